The Morgan fingerprint density at radius 1 is 1.11 bits per heavy atom. The van der Waals surface area contributed by atoms with Crippen LogP contribution in [0.3, 0.4) is 0 Å². The fraction of sp³-hybridized carbons (Fsp3) is 0.381. The number of hydrogen-bond acceptors (Lipinski definition) is 4. The molecule has 2 aromatic carbocycles. The van der Waals surface area contributed by atoms with Crippen molar-refractivity contribution in [3.05, 3.63) is 71.1 Å². The van der Waals surface area contributed by atoms with Crippen LogP contribution >= 0.6 is 0 Å². The Balaban J connectivity index is 2.04. The molecule has 1 aliphatic rings. The van der Waals surface area contributed by atoms with E-state index < -0.39 is 20.5 Å². The molecule has 28 heavy (non-hydrogen) atoms. The third-order valence-electron chi connectivity index (χ3n) is 5.17. The zero-order valence-corrected chi connectivity index (χ0v) is 17.4. The number of azide groups is 1. The molecule has 1 saturated heterocycles. The van der Waals surface area contributed by atoms with Crippen molar-refractivity contribution in [1.29, 1.82) is 0 Å². The molecule has 0 spiro atoms. The van der Waals surface area contributed by atoms with Gasteiger partial charge in [-0.1, -0.05) is 86.5 Å². The normalized spacial score (nSPS) is 19.8. The standard InChI is InChI=1S/C21H25N3O3Si/c1-21(2,3)28(16-10-6-4-7-11-16,17-12-8-5-9-13-17)26-15-19-18(23-24-22)14-20(25)27-19/h4-13,18-19H,14-15H2,1-3H3/t18-,19+/m0/s1. The summed E-state index contributed by atoms with van der Waals surface area (Å²) in [6.07, 6.45) is -0.469. The number of esters is 1. The molecule has 0 aliphatic carbocycles. The van der Waals surface area contributed by atoms with E-state index in [2.05, 4.69) is 55.1 Å². The third-order valence-corrected chi connectivity index (χ3v) is 10.2. The van der Waals surface area contributed by atoms with E-state index >= 15 is 0 Å². The number of rotatable bonds is 6. The van der Waals surface area contributed by atoms with E-state index in [0.29, 0.717) is 0 Å². The lowest BCUT2D eigenvalue weighted by atomic mass is 10.2. The van der Waals surface area contributed by atoms with Gasteiger partial charge in [-0.05, 0) is 20.9 Å². The van der Waals surface area contributed by atoms with Crippen LogP contribution in [0.25, 0.3) is 10.4 Å². The maximum atomic E-state index is 11.8. The maximum absolute atomic E-state index is 11.8. The molecular formula is C21H25N3O3Si. The molecule has 2 atom stereocenters. The van der Waals surface area contributed by atoms with Gasteiger partial charge < -0.3 is 9.16 Å². The van der Waals surface area contributed by atoms with Crippen LogP contribution in [0.2, 0.25) is 5.04 Å². The van der Waals surface area contributed by atoms with Gasteiger partial charge in [0.25, 0.3) is 8.32 Å². The number of carbonyl (C=O) groups excluding carboxylic acids is 1. The number of carbonyl (C=O) groups is 1. The molecule has 0 radical (unpaired) electrons. The van der Waals surface area contributed by atoms with Gasteiger partial charge in [-0.25, -0.2) is 0 Å². The summed E-state index contributed by atoms with van der Waals surface area (Å²) in [6.45, 7) is 6.75. The van der Waals surface area contributed by atoms with Gasteiger partial charge in [0.1, 0.15) is 6.10 Å². The van der Waals surface area contributed by atoms with Gasteiger partial charge in [0.05, 0.1) is 19.1 Å². The van der Waals surface area contributed by atoms with Crippen molar-refractivity contribution in [2.75, 3.05) is 6.61 Å². The number of ether oxygens (including phenoxy) is 1. The van der Waals surface area contributed by atoms with Crippen LogP contribution in [0.4, 0.5) is 0 Å². The summed E-state index contributed by atoms with van der Waals surface area (Å²) in [5, 5.41) is 5.86. The molecule has 1 fully saturated rings. The first-order chi connectivity index (χ1) is 13.4. The molecule has 6 nitrogen and oxygen atoms in total. The summed E-state index contributed by atoms with van der Waals surface area (Å²) < 4.78 is 12.2. The van der Waals surface area contributed by atoms with Gasteiger partial charge in [0.15, 0.2) is 0 Å². The molecule has 0 unspecified atom stereocenters. The second kappa shape index (κ2) is 8.18. The molecule has 0 N–H and O–H groups in total. The molecule has 7 heteroatoms. The maximum Gasteiger partial charge on any atom is 0.306 e. The van der Waals surface area contributed by atoms with E-state index in [-0.39, 0.29) is 24.0 Å². The average Bonchev–Trinajstić information content (AvgIpc) is 3.02. The van der Waals surface area contributed by atoms with Gasteiger partial charge in [0.2, 0.25) is 0 Å². The summed E-state index contributed by atoms with van der Waals surface area (Å²) >= 11 is 0. The number of cyclic esters (lactones) is 1. The number of hydrogen-bond donors (Lipinski definition) is 0. The van der Waals surface area contributed by atoms with Gasteiger partial charge in [-0.15, -0.1) is 0 Å². The fourth-order valence-corrected chi connectivity index (χ4v) is 8.46. The summed E-state index contributed by atoms with van der Waals surface area (Å²) in [4.78, 5) is 14.6. The Labute approximate surface area is 166 Å². The minimum absolute atomic E-state index is 0.0961. The van der Waals surface area contributed by atoms with Crippen molar-refractivity contribution < 1.29 is 14.0 Å². The van der Waals surface area contributed by atoms with E-state index in [9.17, 15) is 4.79 Å². The molecule has 1 heterocycles. The predicted molar refractivity (Wildman–Crippen MR) is 111 cm³/mol. The van der Waals surface area contributed by atoms with E-state index in [0.717, 1.165) is 10.4 Å². The first-order valence-electron chi connectivity index (χ1n) is 9.37. The summed E-state index contributed by atoms with van der Waals surface area (Å²) in [5.74, 6) is -0.353. The average molecular weight is 396 g/mol. The molecule has 2 aromatic rings. The predicted octanol–water partition coefficient (Wildman–Crippen LogP) is 3.56. The molecule has 0 saturated carbocycles. The van der Waals surface area contributed by atoms with Gasteiger partial charge in [-0.2, -0.15) is 0 Å². The lowest BCUT2D eigenvalue weighted by Crippen LogP contribution is -2.67. The quantitative estimate of drug-likeness (QED) is 0.246. The second-order valence-electron chi connectivity index (χ2n) is 7.98. The molecular weight excluding hydrogens is 370 g/mol. The second-order valence-corrected chi connectivity index (χ2v) is 12.3. The van der Waals surface area contributed by atoms with Crippen molar-refractivity contribution in [1.82, 2.24) is 0 Å². The van der Waals surface area contributed by atoms with Crippen molar-refractivity contribution in [2.45, 2.75) is 44.4 Å². The number of nitrogens with zero attached hydrogens (tertiary/aromatic N) is 3. The zero-order valence-electron chi connectivity index (χ0n) is 16.4. The van der Waals surface area contributed by atoms with Crippen LogP contribution in [0.15, 0.2) is 65.8 Å². The molecule has 0 aromatic heterocycles. The van der Waals surface area contributed by atoms with Crippen LogP contribution < -0.4 is 10.4 Å². The van der Waals surface area contributed by atoms with Crippen molar-refractivity contribution in [3.8, 4) is 0 Å². The smallest absolute Gasteiger partial charge is 0.306 e. The van der Waals surface area contributed by atoms with Crippen LogP contribution in [-0.2, 0) is 14.0 Å². The van der Waals surface area contributed by atoms with E-state index in [1.165, 1.54) is 0 Å². The van der Waals surface area contributed by atoms with E-state index in [4.69, 9.17) is 14.7 Å². The van der Waals surface area contributed by atoms with Crippen molar-refractivity contribution in [2.24, 2.45) is 5.11 Å². The van der Waals surface area contributed by atoms with Gasteiger partial charge in [0, 0.05) is 4.91 Å². The van der Waals surface area contributed by atoms with Crippen molar-refractivity contribution >= 4 is 24.7 Å². The van der Waals surface area contributed by atoms with E-state index in [1.807, 2.05) is 36.4 Å². The molecule has 3 rings (SSSR count). The Hall–Kier alpha value is -2.60. The van der Waals surface area contributed by atoms with E-state index in [1.54, 1.807) is 0 Å². The summed E-state index contributed by atoms with van der Waals surface area (Å²) in [5.41, 5.74) is 8.80. The minimum atomic E-state index is -2.72. The Kier molecular flexibility index (Phi) is 5.89. The SMILES string of the molecule is CC(C)(C)[Si](OC[C@H]1OC(=O)C[C@@H]1N=[N+]=[N-])(c1ccccc1)c1ccccc1. The number of benzene rings is 2. The molecule has 146 valence electrons. The third kappa shape index (κ3) is 3.82. The summed E-state index contributed by atoms with van der Waals surface area (Å²) in [6, 6.07) is 20.0. The van der Waals surface area contributed by atoms with Crippen LogP contribution in [0.5, 0.6) is 0 Å². The van der Waals surface area contributed by atoms with Crippen molar-refractivity contribution in [3.63, 3.8) is 0 Å². The van der Waals surface area contributed by atoms with Gasteiger partial charge >= 0.3 is 5.97 Å². The zero-order chi connectivity index (χ0) is 20.2. The molecule has 0 amide bonds. The van der Waals surface area contributed by atoms with Crippen LogP contribution in [0, 0.1) is 0 Å². The highest BCUT2D eigenvalue weighted by atomic mass is 28.4. The Morgan fingerprint density at radius 3 is 2.11 bits per heavy atom. The van der Waals surface area contributed by atoms with Crippen LogP contribution in [-0.4, -0.2) is 33.0 Å². The largest absolute Gasteiger partial charge is 0.459 e. The highest BCUT2D eigenvalue weighted by molar-refractivity contribution is 6.99. The van der Waals surface area contributed by atoms with Crippen LogP contribution in [0.1, 0.15) is 27.2 Å². The highest BCUT2D eigenvalue weighted by Crippen LogP contribution is 2.37. The highest BCUT2D eigenvalue weighted by Gasteiger charge is 2.51. The van der Waals surface area contributed by atoms with Gasteiger partial charge in [-0.3, -0.25) is 4.79 Å². The molecule has 1 aliphatic heterocycles. The Bertz CT molecular complexity index is 822. The fourth-order valence-electron chi connectivity index (χ4n) is 3.89. The minimum Gasteiger partial charge on any atom is -0.459 e. The first-order valence-corrected chi connectivity index (χ1v) is 11.3. The topological polar surface area (TPSA) is 84.3 Å². The molecule has 0 bridgehead atoms. The summed E-state index contributed by atoms with van der Waals surface area (Å²) in [7, 11) is -2.72. The first kappa shape index (κ1) is 20.1. The lowest BCUT2D eigenvalue weighted by molar-refractivity contribution is -0.142. The Morgan fingerprint density at radius 2 is 1.64 bits per heavy atom. The monoisotopic (exact) mass is 395 g/mol. The lowest BCUT2D eigenvalue weighted by Gasteiger charge is -2.43.